The molecule has 1 rings (SSSR count). The van der Waals surface area contributed by atoms with E-state index in [1.54, 1.807) is 0 Å². The fraction of sp³-hybridized carbons (Fsp3) is 0.923. The molecular weight excluding hydrogens is 218 g/mol. The molecule has 1 unspecified atom stereocenters. The van der Waals surface area contributed by atoms with E-state index < -0.39 is 0 Å². The molecule has 0 spiro atoms. The van der Waals surface area contributed by atoms with E-state index in [-0.39, 0.29) is 11.9 Å². The van der Waals surface area contributed by atoms with Gasteiger partial charge in [-0.2, -0.15) is 0 Å². The number of ether oxygens (including phenoxy) is 2. The van der Waals surface area contributed by atoms with Crippen LogP contribution in [-0.2, 0) is 14.3 Å². The molecule has 0 amide bonds. The van der Waals surface area contributed by atoms with Crippen LogP contribution in [0.25, 0.3) is 0 Å². The Bertz CT molecular complexity index is 231. The highest BCUT2D eigenvalue weighted by Crippen LogP contribution is 2.17. The first-order valence-electron chi connectivity index (χ1n) is 6.51. The lowest BCUT2D eigenvalue weighted by molar-refractivity contribution is -0.147. The molecule has 4 nitrogen and oxygen atoms in total. The van der Waals surface area contributed by atoms with Crippen LogP contribution < -0.4 is 0 Å². The lowest BCUT2D eigenvalue weighted by atomic mass is 9.98. The Morgan fingerprint density at radius 3 is 2.88 bits per heavy atom. The maximum absolute atomic E-state index is 11.5. The summed E-state index contributed by atoms with van der Waals surface area (Å²) in [7, 11) is 1.47. The summed E-state index contributed by atoms with van der Waals surface area (Å²) in [5, 5.41) is 0. The van der Waals surface area contributed by atoms with Crippen molar-refractivity contribution in [2.24, 2.45) is 11.8 Å². The molecule has 0 radical (unpaired) electrons. The highest BCUT2D eigenvalue weighted by Gasteiger charge is 2.25. The summed E-state index contributed by atoms with van der Waals surface area (Å²) in [5.74, 6) is 0.566. The van der Waals surface area contributed by atoms with Crippen molar-refractivity contribution in [3.63, 3.8) is 0 Å². The Hall–Kier alpha value is -0.610. The van der Waals surface area contributed by atoms with Gasteiger partial charge in [0.25, 0.3) is 0 Å². The van der Waals surface area contributed by atoms with Crippen molar-refractivity contribution >= 4 is 5.97 Å². The average molecular weight is 243 g/mol. The lowest BCUT2D eigenvalue weighted by Crippen LogP contribution is -2.40. The summed E-state index contributed by atoms with van der Waals surface area (Å²) in [6.45, 7) is 8.67. The number of carbonyl (C=O) groups excluding carboxylic acids is 1. The maximum atomic E-state index is 11.5. The zero-order valence-electron chi connectivity index (χ0n) is 11.3. The fourth-order valence-electron chi connectivity index (χ4n) is 2.13. The molecule has 0 aromatic heterocycles. The van der Waals surface area contributed by atoms with Crippen LogP contribution in [0.3, 0.4) is 0 Å². The highest BCUT2D eigenvalue weighted by atomic mass is 16.5. The smallest absolute Gasteiger partial charge is 0.309 e. The molecule has 1 fully saturated rings. The number of methoxy groups -OCH3 is 1. The topological polar surface area (TPSA) is 38.8 Å². The Labute approximate surface area is 104 Å². The largest absolute Gasteiger partial charge is 0.469 e. The Morgan fingerprint density at radius 1 is 1.47 bits per heavy atom. The third kappa shape index (κ3) is 5.50. The number of likely N-dealkylation sites (tertiary alicyclic amines) is 1. The van der Waals surface area contributed by atoms with E-state index in [0.29, 0.717) is 5.92 Å². The summed E-state index contributed by atoms with van der Waals surface area (Å²) >= 11 is 0. The Morgan fingerprint density at radius 2 is 2.24 bits per heavy atom. The van der Waals surface area contributed by atoms with Gasteiger partial charge in [-0.15, -0.1) is 0 Å². The van der Waals surface area contributed by atoms with Crippen LogP contribution >= 0.6 is 0 Å². The first-order valence-corrected chi connectivity index (χ1v) is 6.51. The first-order chi connectivity index (χ1) is 8.13. The second-order valence-corrected chi connectivity index (χ2v) is 5.13. The molecule has 0 bridgehead atoms. The second kappa shape index (κ2) is 7.67. The number of rotatable bonds is 6. The van der Waals surface area contributed by atoms with Gasteiger partial charge in [-0.25, -0.2) is 0 Å². The van der Waals surface area contributed by atoms with Crippen LogP contribution in [0, 0.1) is 11.8 Å². The van der Waals surface area contributed by atoms with E-state index in [0.717, 1.165) is 45.7 Å². The molecule has 4 heteroatoms. The van der Waals surface area contributed by atoms with Gasteiger partial charge >= 0.3 is 5.97 Å². The third-order valence-corrected chi connectivity index (χ3v) is 3.04. The van der Waals surface area contributed by atoms with Gasteiger partial charge in [-0.1, -0.05) is 13.8 Å². The maximum Gasteiger partial charge on any atom is 0.309 e. The van der Waals surface area contributed by atoms with Crippen LogP contribution in [0.5, 0.6) is 0 Å². The summed E-state index contributed by atoms with van der Waals surface area (Å²) in [4.78, 5) is 13.7. The summed E-state index contributed by atoms with van der Waals surface area (Å²) < 4.78 is 10.4. The highest BCUT2D eigenvalue weighted by molar-refractivity contribution is 5.72. The minimum absolute atomic E-state index is 0.0545. The van der Waals surface area contributed by atoms with Gasteiger partial charge in [0.1, 0.15) is 0 Å². The van der Waals surface area contributed by atoms with Gasteiger partial charge in [0.2, 0.25) is 0 Å². The van der Waals surface area contributed by atoms with Crippen LogP contribution in [0.4, 0.5) is 0 Å². The zero-order valence-corrected chi connectivity index (χ0v) is 11.3. The molecule has 0 aromatic rings. The number of piperidine rings is 1. The standard InChI is InChI=1S/C13H25NO3/c1-11(2)10-17-8-7-14-6-4-5-12(9-14)13(15)16-3/h11-12H,4-10H2,1-3H3. The summed E-state index contributed by atoms with van der Waals surface area (Å²) in [5.41, 5.74) is 0. The van der Waals surface area contributed by atoms with E-state index in [1.165, 1.54) is 7.11 Å². The Kier molecular flexibility index (Phi) is 6.52. The number of hydrogen-bond acceptors (Lipinski definition) is 4. The van der Waals surface area contributed by atoms with Gasteiger partial charge in [-0.05, 0) is 25.3 Å². The molecule has 1 heterocycles. The molecule has 0 saturated carbocycles. The second-order valence-electron chi connectivity index (χ2n) is 5.13. The normalized spacial score (nSPS) is 21.8. The average Bonchev–Trinajstić information content (AvgIpc) is 2.34. The van der Waals surface area contributed by atoms with Gasteiger partial charge in [0.15, 0.2) is 0 Å². The molecule has 1 atom stereocenters. The molecule has 100 valence electrons. The van der Waals surface area contributed by atoms with E-state index in [9.17, 15) is 4.79 Å². The molecular formula is C13H25NO3. The van der Waals surface area contributed by atoms with Crippen molar-refractivity contribution in [1.82, 2.24) is 4.90 Å². The molecule has 0 aromatic carbocycles. The minimum Gasteiger partial charge on any atom is -0.469 e. The van der Waals surface area contributed by atoms with Crippen LogP contribution in [0.15, 0.2) is 0 Å². The van der Waals surface area contributed by atoms with E-state index in [4.69, 9.17) is 9.47 Å². The first kappa shape index (κ1) is 14.5. The van der Waals surface area contributed by atoms with Crippen molar-refractivity contribution in [2.75, 3.05) is 40.0 Å². The van der Waals surface area contributed by atoms with Crippen LogP contribution in [0.2, 0.25) is 0 Å². The summed E-state index contributed by atoms with van der Waals surface area (Å²) in [6, 6.07) is 0. The van der Waals surface area contributed by atoms with E-state index >= 15 is 0 Å². The predicted molar refractivity (Wildman–Crippen MR) is 66.8 cm³/mol. The number of esters is 1. The monoisotopic (exact) mass is 243 g/mol. The quantitative estimate of drug-likeness (QED) is 0.524. The van der Waals surface area contributed by atoms with E-state index in [1.807, 2.05) is 0 Å². The SMILES string of the molecule is COC(=O)C1CCCN(CCOCC(C)C)C1. The predicted octanol–water partition coefficient (Wildman–Crippen LogP) is 1.54. The van der Waals surface area contributed by atoms with Gasteiger partial charge in [-0.3, -0.25) is 4.79 Å². The number of hydrogen-bond donors (Lipinski definition) is 0. The molecule has 1 saturated heterocycles. The molecule has 17 heavy (non-hydrogen) atoms. The van der Waals surface area contributed by atoms with Gasteiger partial charge < -0.3 is 14.4 Å². The molecule has 0 aliphatic carbocycles. The molecule has 1 aliphatic heterocycles. The van der Waals surface area contributed by atoms with Crippen molar-refractivity contribution in [3.8, 4) is 0 Å². The summed E-state index contributed by atoms with van der Waals surface area (Å²) in [6.07, 6.45) is 2.03. The minimum atomic E-state index is -0.0715. The fourth-order valence-corrected chi connectivity index (χ4v) is 2.13. The number of nitrogens with zero attached hydrogens (tertiary/aromatic N) is 1. The van der Waals surface area contributed by atoms with Gasteiger partial charge in [0, 0.05) is 19.7 Å². The lowest BCUT2D eigenvalue weighted by Gasteiger charge is -2.31. The Balaban J connectivity index is 2.18. The van der Waals surface area contributed by atoms with Crippen molar-refractivity contribution in [3.05, 3.63) is 0 Å². The molecule has 1 aliphatic rings. The zero-order chi connectivity index (χ0) is 12.7. The van der Waals surface area contributed by atoms with Crippen molar-refractivity contribution < 1.29 is 14.3 Å². The van der Waals surface area contributed by atoms with Crippen molar-refractivity contribution in [2.45, 2.75) is 26.7 Å². The van der Waals surface area contributed by atoms with Crippen LogP contribution in [0.1, 0.15) is 26.7 Å². The van der Waals surface area contributed by atoms with Gasteiger partial charge in [0.05, 0.1) is 19.6 Å². The van der Waals surface area contributed by atoms with Crippen LogP contribution in [-0.4, -0.2) is 50.8 Å². The third-order valence-electron chi connectivity index (χ3n) is 3.04. The number of carbonyl (C=O) groups is 1. The van der Waals surface area contributed by atoms with E-state index in [2.05, 4.69) is 18.7 Å². The van der Waals surface area contributed by atoms with Crippen molar-refractivity contribution in [1.29, 1.82) is 0 Å². The molecule has 0 N–H and O–H groups in total.